The number of aryl methyl sites for hydroxylation is 2. The maximum Gasteiger partial charge on any atom is 0.241 e. The lowest BCUT2D eigenvalue weighted by molar-refractivity contribution is -0.117. The Hall–Kier alpha value is -1.35. The average Bonchev–Trinajstić information content (AvgIpc) is 2.30. The maximum absolute atomic E-state index is 11.9. The summed E-state index contributed by atoms with van der Waals surface area (Å²) in [4.78, 5) is 11.9. The number of carbonyl (C=O) groups is 1. The molecule has 0 aliphatic heterocycles. The molecule has 3 nitrogen and oxygen atoms in total. The minimum atomic E-state index is -0.408. The van der Waals surface area contributed by atoms with Gasteiger partial charge in [0.2, 0.25) is 5.91 Å². The van der Waals surface area contributed by atoms with Crippen molar-refractivity contribution in [1.82, 2.24) is 0 Å². The smallest absolute Gasteiger partial charge is 0.241 e. The first-order valence-electron chi connectivity index (χ1n) is 6.19. The van der Waals surface area contributed by atoms with Crippen LogP contribution in [0.5, 0.6) is 0 Å². The van der Waals surface area contributed by atoms with E-state index in [1.54, 1.807) is 0 Å². The molecule has 0 fully saturated rings. The molecule has 0 aliphatic carbocycles. The van der Waals surface area contributed by atoms with Crippen LogP contribution in [0.15, 0.2) is 18.2 Å². The molecule has 0 bridgehead atoms. The van der Waals surface area contributed by atoms with Crippen LogP contribution in [0.4, 0.5) is 5.69 Å². The number of benzene rings is 1. The van der Waals surface area contributed by atoms with Crippen molar-refractivity contribution in [3.05, 3.63) is 29.3 Å². The van der Waals surface area contributed by atoms with E-state index in [1.807, 2.05) is 32.0 Å². The number of rotatable bonds is 5. The van der Waals surface area contributed by atoms with Crippen LogP contribution in [0.3, 0.4) is 0 Å². The van der Waals surface area contributed by atoms with Gasteiger partial charge in [-0.25, -0.2) is 0 Å². The van der Waals surface area contributed by atoms with Gasteiger partial charge in [-0.1, -0.05) is 38.0 Å². The quantitative estimate of drug-likeness (QED) is 0.823. The predicted octanol–water partition coefficient (Wildman–Crippen LogP) is 2.76. The molecule has 1 aromatic carbocycles. The summed E-state index contributed by atoms with van der Waals surface area (Å²) in [6, 6.07) is 5.55. The molecule has 94 valence electrons. The van der Waals surface area contributed by atoms with Crippen LogP contribution in [-0.4, -0.2) is 11.9 Å². The fourth-order valence-electron chi connectivity index (χ4n) is 1.78. The molecule has 1 rings (SSSR count). The Morgan fingerprint density at radius 1 is 1.35 bits per heavy atom. The first kappa shape index (κ1) is 13.7. The summed E-state index contributed by atoms with van der Waals surface area (Å²) in [6.07, 6.45) is 2.79. The zero-order valence-corrected chi connectivity index (χ0v) is 10.9. The van der Waals surface area contributed by atoms with E-state index in [1.165, 1.54) is 0 Å². The number of unbranched alkanes of at least 4 members (excludes halogenated alkanes) is 1. The van der Waals surface area contributed by atoms with Gasteiger partial charge in [0, 0.05) is 5.69 Å². The number of nitrogens with one attached hydrogen (secondary N) is 1. The lowest BCUT2D eigenvalue weighted by atomic mass is 10.1. The maximum atomic E-state index is 11.9. The standard InChI is InChI=1S/C14H22N2O/c1-4-5-9-12(15)14(17)16-13-10(2)7-6-8-11(13)3/h6-8,12H,4-5,9,15H2,1-3H3,(H,16,17)/t12-/m0/s1. The minimum Gasteiger partial charge on any atom is -0.324 e. The van der Waals surface area contributed by atoms with Gasteiger partial charge in [-0.3, -0.25) is 4.79 Å². The van der Waals surface area contributed by atoms with Crippen LogP contribution in [0, 0.1) is 13.8 Å². The molecule has 0 aromatic heterocycles. The third-order valence-corrected chi connectivity index (χ3v) is 2.93. The fraction of sp³-hybridized carbons (Fsp3) is 0.500. The number of hydrogen-bond donors (Lipinski definition) is 2. The van der Waals surface area contributed by atoms with Gasteiger partial charge >= 0.3 is 0 Å². The van der Waals surface area contributed by atoms with Crippen molar-refractivity contribution in [2.45, 2.75) is 46.1 Å². The number of anilines is 1. The Kier molecular flexibility index (Phi) is 5.16. The summed E-state index contributed by atoms with van der Waals surface area (Å²) < 4.78 is 0. The molecule has 0 saturated heterocycles. The highest BCUT2D eigenvalue weighted by Gasteiger charge is 2.14. The zero-order valence-electron chi connectivity index (χ0n) is 10.9. The molecule has 0 aliphatic rings. The molecule has 0 heterocycles. The zero-order chi connectivity index (χ0) is 12.8. The Labute approximate surface area is 103 Å². The van der Waals surface area contributed by atoms with Crippen LogP contribution in [0.25, 0.3) is 0 Å². The monoisotopic (exact) mass is 234 g/mol. The van der Waals surface area contributed by atoms with Gasteiger partial charge in [0.05, 0.1) is 6.04 Å². The lowest BCUT2D eigenvalue weighted by Crippen LogP contribution is -2.35. The number of carbonyl (C=O) groups excluding carboxylic acids is 1. The van der Waals surface area contributed by atoms with E-state index in [-0.39, 0.29) is 5.91 Å². The van der Waals surface area contributed by atoms with Gasteiger partial charge in [0.1, 0.15) is 0 Å². The average molecular weight is 234 g/mol. The molecule has 1 aromatic rings. The Balaban J connectivity index is 2.68. The Morgan fingerprint density at radius 2 is 1.94 bits per heavy atom. The van der Waals surface area contributed by atoms with Gasteiger partial charge in [-0.05, 0) is 31.4 Å². The molecule has 3 N–H and O–H groups in total. The van der Waals surface area contributed by atoms with E-state index in [9.17, 15) is 4.79 Å². The second-order valence-electron chi connectivity index (χ2n) is 4.50. The van der Waals surface area contributed by atoms with E-state index in [0.29, 0.717) is 0 Å². The van der Waals surface area contributed by atoms with Crippen molar-refractivity contribution in [3.8, 4) is 0 Å². The number of para-hydroxylation sites is 1. The lowest BCUT2D eigenvalue weighted by Gasteiger charge is -2.15. The first-order valence-corrected chi connectivity index (χ1v) is 6.19. The third-order valence-electron chi connectivity index (χ3n) is 2.93. The second-order valence-corrected chi connectivity index (χ2v) is 4.50. The van der Waals surface area contributed by atoms with Crippen LogP contribution in [-0.2, 0) is 4.79 Å². The van der Waals surface area contributed by atoms with E-state index in [4.69, 9.17) is 5.73 Å². The molecule has 3 heteroatoms. The normalized spacial score (nSPS) is 12.2. The van der Waals surface area contributed by atoms with E-state index < -0.39 is 6.04 Å². The molecule has 0 saturated carbocycles. The number of nitrogens with two attached hydrogens (primary N) is 1. The third kappa shape index (κ3) is 3.86. The molecule has 17 heavy (non-hydrogen) atoms. The van der Waals surface area contributed by atoms with Crippen molar-refractivity contribution in [2.24, 2.45) is 5.73 Å². The summed E-state index contributed by atoms with van der Waals surface area (Å²) in [7, 11) is 0. The van der Waals surface area contributed by atoms with E-state index in [0.717, 1.165) is 36.1 Å². The SMILES string of the molecule is CCCC[C@H](N)C(=O)Nc1c(C)cccc1C. The molecule has 0 spiro atoms. The molecule has 1 amide bonds. The van der Waals surface area contributed by atoms with Crippen LogP contribution in [0.2, 0.25) is 0 Å². The summed E-state index contributed by atoms with van der Waals surface area (Å²) in [5, 5.41) is 2.92. The van der Waals surface area contributed by atoms with Crippen molar-refractivity contribution >= 4 is 11.6 Å². The number of amides is 1. The van der Waals surface area contributed by atoms with E-state index in [2.05, 4.69) is 12.2 Å². The van der Waals surface area contributed by atoms with E-state index >= 15 is 0 Å². The largest absolute Gasteiger partial charge is 0.324 e. The van der Waals surface area contributed by atoms with Crippen LogP contribution >= 0.6 is 0 Å². The molecule has 1 atom stereocenters. The summed E-state index contributed by atoms with van der Waals surface area (Å²) in [5.74, 6) is -0.0872. The fourth-order valence-corrected chi connectivity index (χ4v) is 1.78. The predicted molar refractivity (Wildman–Crippen MR) is 72.0 cm³/mol. The van der Waals surface area contributed by atoms with Crippen molar-refractivity contribution < 1.29 is 4.79 Å². The second kappa shape index (κ2) is 6.40. The molecular formula is C14H22N2O. The van der Waals surface area contributed by atoms with Gasteiger partial charge in [-0.2, -0.15) is 0 Å². The summed E-state index contributed by atoms with van der Waals surface area (Å²) in [6.45, 7) is 6.07. The van der Waals surface area contributed by atoms with Gasteiger partial charge in [-0.15, -0.1) is 0 Å². The summed E-state index contributed by atoms with van der Waals surface area (Å²) in [5.41, 5.74) is 8.87. The van der Waals surface area contributed by atoms with Crippen LogP contribution < -0.4 is 11.1 Å². The van der Waals surface area contributed by atoms with Gasteiger partial charge < -0.3 is 11.1 Å². The highest BCUT2D eigenvalue weighted by molar-refractivity contribution is 5.95. The summed E-state index contributed by atoms with van der Waals surface area (Å²) >= 11 is 0. The van der Waals surface area contributed by atoms with Gasteiger partial charge in [0.15, 0.2) is 0 Å². The van der Waals surface area contributed by atoms with Gasteiger partial charge in [0.25, 0.3) is 0 Å². The minimum absolute atomic E-state index is 0.0872. The molecule has 0 unspecified atom stereocenters. The molecule has 0 radical (unpaired) electrons. The van der Waals surface area contributed by atoms with Crippen molar-refractivity contribution in [3.63, 3.8) is 0 Å². The van der Waals surface area contributed by atoms with Crippen molar-refractivity contribution in [2.75, 3.05) is 5.32 Å². The first-order chi connectivity index (χ1) is 8.06. The topological polar surface area (TPSA) is 55.1 Å². The highest BCUT2D eigenvalue weighted by atomic mass is 16.2. The number of hydrogen-bond acceptors (Lipinski definition) is 2. The Morgan fingerprint density at radius 3 is 2.47 bits per heavy atom. The Bertz CT molecular complexity index is 368. The van der Waals surface area contributed by atoms with Crippen molar-refractivity contribution in [1.29, 1.82) is 0 Å². The highest BCUT2D eigenvalue weighted by Crippen LogP contribution is 2.19. The van der Waals surface area contributed by atoms with Crippen LogP contribution in [0.1, 0.15) is 37.3 Å². The molecular weight excluding hydrogens is 212 g/mol.